The number of likely N-dealkylation sites (tertiary alicyclic amines) is 1. The van der Waals surface area contributed by atoms with E-state index in [4.69, 9.17) is 17.3 Å². The highest BCUT2D eigenvalue weighted by Gasteiger charge is 2.19. The standard InChI is InChI=1S/C11H18ClN5/c1-2-17-5-3-4-8(7-17)15-10-9(13)6-14-11(12)16-10/h6,8H,2-5,7,13H2,1H3,(H,14,15,16). The molecule has 17 heavy (non-hydrogen) atoms. The van der Waals surface area contributed by atoms with Crippen LogP contribution in [0.2, 0.25) is 5.28 Å². The van der Waals surface area contributed by atoms with Gasteiger partial charge in [0.1, 0.15) is 0 Å². The topological polar surface area (TPSA) is 67.1 Å². The summed E-state index contributed by atoms with van der Waals surface area (Å²) in [6.07, 6.45) is 3.87. The van der Waals surface area contributed by atoms with Crippen LogP contribution in [0.25, 0.3) is 0 Å². The normalized spacial score (nSPS) is 21.4. The Hall–Kier alpha value is -1.07. The van der Waals surface area contributed by atoms with Gasteiger partial charge in [-0.3, -0.25) is 0 Å². The molecular formula is C11H18ClN5. The third kappa shape index (κ3) is 3.20. The van der Waals surface area contributed by atoms with Crippen LogP contribution in [-0.2, 0) is 0 Å². The number of anilines is 2. The zero-order valence-corrected chi connectivity index (χ0v) is 10.7. The van der Waals surface area contributed by atoms with Crippen molar-refractivity contribution >= 4 is 23.1 Å². The fourth-order valence-electron chi connectivity index (χ4n) is 2.14. The van der Waals surface area contributed by atoms with Crippen molar-refractivity contribution in [2.45, 2.75) is 25.8 Å². The fourth-order valence-corrected chi connectivity index (χ4v) is 2.27. The van der Waals surface area contributed by atoms with E-state index in [1.54, 1.807) is 0 Å². The van der Waals surface area contributed by atoms with E-state index in [1.165, 1.54) is 19.2 Å². The smallest absolute Gasteiger partial charge is 0.224 e. The molecule has 0 bridgehead atoms. The van der Waals surface area contributed by atoms with Gasteiger partial charge in [0.15, 0.2) is 5.82 Å². The van der Waals surface area contributed by atoms with Crippen LogP contribution < -0.4 is 11.1 Å². The second kappa shape index (κ2) is 5.51. The summed E-state index contributed by atoms with van der Waals surface area (Å²) < 4.78 is 0. The molecule has 1 aliphatic rings. The number of rotatable bonds is 3. The van der Waals surface area contributed by atoms with Crippen LogP contribution in [0.15, 0.2) is 6.20 Å². The summed E-state index contributed by atoms with van der Waals surface area (Å²) in [7, 11) is 0. The van der Waals surface area contributed by atoms with Crippen molar-refractivity contribution in [1.29, 1.82) is 0 Å². The average Bonchev–Trinajstić information content (AvgIpc) is 2.34. The maximum absolute atomic E-state index is 5.81. The predicted molar refractivity (Wildman–Crippen MR) is 70.2 cm³/mol. The van der Waals surface area contributed by atoms with Crippen LogP contribution in [0.4, 0.5) is 11.5 Å². The number of nitrogens with two attached hydrogens (primary N) is 1. The van der Waals surface area contributed by atoms with Crippen molar-refractivity contribution < 1.29 is 0 Å². The Morgan fingerprint density at radius 2 is 2.47 bits per heavy atom. The molecule has 1 aromatic heterocycles. The summed E-state index contributed by atoms with van der Waals surface area (Å²) in [5, 5.41) is 3.58. The Morgan fingerprint density at radius 3 is 3.24 bits per heavy atom. The van der Waals surface area contributed by atoms with Crippen LogP contribution >= 0.6 is 11.6 Å². The molecule has 0 aliphatic carbocycles. The molecule has 0 radical (unpaired) electrons. The zero-order valence-electron chi connectivity index (χ0n) is 9.99. The molecular weight excluding hydrogens is 238 g/mol. The molecule has 6 heteroatoms. The van der Waals surface area contributed by atoms with E-state index in [1.807, 2.05) is 0 Å². The number of likely N-dealkylation sites (N-methyl/N-ethyl adjacent to an activating group) is 1. The maximum atomic E-state index is 5.81. The van der Waals surface area contributed by atoms with Gasteiger partial charge < -0.3 is 16.0 Å². The van der Waals surface area contributed by atoms with E-state index in [0.29, 0.717) is 17.5 Å². The van der Waals surface area contributed by atoms with E-state index in [0.717, 1.165) is 19.5 Å². The lowest BCUT2D eigenvalue weighted by atomic mass is 10.1. The molecule has 1 saturated heterocycles. The SMILES string of the molecule is CCN1CCCC(Nc2nc(Cl)ncc2N)C1. The largest absolute Gasteiger partial charge is 0.394 e. The summed E-state index contributed by atoms with van der Waals surface area (Å²) in [4.78, 5) is 10.4. The molecule has 1 aromatic rings. The van der Waals surface area contributed by atoms with Crippen molar-refractivity contribution in [2.24, 2.45) is 0 Å². The van der Waals surface area contributed by atoms with Gasteiger partial charge in [0, 0.05) is 12.6 Å². The first-order valence-electron chi connectivity index (χ1n) is 5.96. The van der Waals surface area contributed by atoms with Gasteiger partial charge in [0.05, 0.1) is 11.9 Å². The van der Waals surface area contributed by atoms with E-state index in [-0.39, 0.29) is 5.28 Å². The molecule has 94 valence electrons. The number of hydrogen-bond acceptors (Lipinski definition) is 5. The van der Waals surface area contributed by atoms with Crippen LogP contribution in [0.1, 0.15) is 19.8 Å². The second-order valence-corrected chi connectivity index (χ2v) is 4.66. The minimum atomic E-state index is 0.227. The van der Waals surface area contributed by atoms with E-state index in [2.05, 4.69) is 27.1 Å². The van der Waals surface area contributed by atoms with Crippen molar-refractivity contribution in [3.8, 4) is 0 Å². The number of nitrogens with one attached hydrogen (secondary N) is 1. The van der Waals surface area contributed by atoms with Gasteiger partial charge >= 0.3 is 0 Å². The van der Waals surface area contributed by atoms with Gasteiger partial charge in [-0.15, -0.1) is 0 Å². The molecule has 1 unspecified atom stereocenters. The first-order chi connectivity index (χ1) is 8.19. The van der Waals surface area contributed by atoms with Gasteiger partial charge in [-0.1, -0.05) is 6.92 Å². The van der Waals surface area contributed by atoms with Gasteiger partial charge in [0.2, 0.25) is 5.28 Å². The Kier molecular flexibility index (Phi) is 4.02. The number of nitrogens with zero attached hydrogens (tertiary/aromatic N) is 3. The highest BCUT2D eigenvalue weighted by atomic mass is 35.5. The fraction of sp³-hybridized carbons (Fsp3) is 0.636. The molecule has 1 fully saturated rings. The molecule has 0 spiro atoms. The number of halogens is 1. The molecule has 1 atom stereocenters. The monoisotopic (exact) mass is 255 g/mol. The van der Waals surface area contributed by atoms with Crippen LogP contribution in [0.5, 0.6) is 0 Å². The molecule has 2 heterocycles. The summed E-state index contributed by atoms with van der Waals surface area (Å²) in [5.41, 5.74) is 6.36. The first-order valence-corrected chi connectivity index (χ1v) is 6.33. The number of hydrogen-bond donors (Lipinski definition) is 2. The van der Waals surface area contributed by atoms with Crippen molar-refractivity contribution in [1.82, 2.24) is 14.9 Å². The highest BCUT2D eigenvalue weighted by Crippen LogP contribution is 2.20. The Labute approximate surface area is 106 Å². The van der Waals surface area contributed by atoms with E-state index >= 15 is 0 Å². The summed E-state index contributed by atoms with van der Waals surface area (Å²) in [6.45, 7) is 5.46. The van der Waals surface area contributed by atoms with Gasteiger partial charge in [-0.25, -0.2) is 4.98 Å². The van der Waals surface area contributed by atoms with Crippen LogP contribution in [0, 0.1) is 0 Å². The number of piperidine rings is 1. The van der Waals surface area contributed by atoms with E-state index in [9.17, 15) is 0 Å². The predicted octanol–water partition coefficient (Wildman–Crippen LogP) is 1.61. The van der Waals surface area contributed by atoms with Gasteiger partial charge in [-0.05, 0) is 37.5 Å². The highest BCUT2D eigenvalue weighted by molar-refractivity contribution is 6.28. The minimum Gasteiger partial charge on any atom is -0.394 e. The molecule has 0 aromatic carbocycles. The molecule has 0 saturated carbocycles. The van der Waals surface area contributed by atoms with Gasteiger partial charge in [-0.2, -0.15) is 4.98 Å². The quantitative estimate of drug-likeness (QED) is 0.804. The van der Waals surface area contributed by atoms with Crippen molar-refractivity contribution in [2.75, 3.05) is 30.7 Å². The summed E-state index contributed by atoms with van der Waals surface area (Å²) in [5.74, 6) is 0.646. The van der Waals surface area contributed by atoms with Crippen molar-refractivity contribution in [3.05, 3.63) is 11.5 Å². The Balaban J connectivity index is 2.02. The molecule has 5 nitrogen and oxygen atoms in total. The van der Waals surface area contributed by atoms with Crippen molar-refractivity contribution in [3.63, 3.8) is 0 Å². The molecule has 0 amide bonds. The molecule has 3 N–H and O–H groups in total. The Morgan fingerprint density at radius 1 is 1.65 bits per heavy atom. The minimum absolute atomic E-state index is 0.227. The molecule has 2 rings (SSSR count). The van der Waals surface area contributed by atoms with Gasteiger partial charge in [0.25, 0.3) is 0 Å². The average molecular weight is 256 g/mol. The maximum Gasteiger partial charge on any atom is 0.224 e. The summed E-state index contributed by atoms with van der Waals surface area (Å²) >= 11 is 5.76. The second-order valence-electron chi connectivity index (χ2n) is 4.32. The first kappa shape index (κ1) is 12.4. The Bertz CT molecular complexity index is 384. The lowest BCUT2D eigenvalue weighted by Crippen LogP contribution is -2.42. The van der Waals surface area contributed by atoms with Crippen LogP contribution in [0.3, 0.4) is 0 Å². The molecule has 1 aliphatic heterocycles. The third-order valence-electron chi connectivity index (χ3n) is 3.08. The lowest BCUT2D eigenvalue weighted by Gasteiger charge is -2.32. The van der Waals surface area contributed by atoms with E-state index < -0.39 is 0 Å². The summed E-state index contributed by atoms with van der Waals surface area (Å²) in [6, 6.07) is 0.386. The number of nitrogen functional groups attached to an aromatic ring is 1. The number of aromatic nitrogens is 2. The third-order valence-corrected chi connectivity index (χ3v) is 3.26. The van der Waals surface area contributed by atoms with Crippen LogP contribution in [-0.4, -0.2) is 40.5 Å². The lowest BCUT2D eigenvalue weighted by molar-refractivity contribution is 0.226. The zero-order chi connectivity index (χ0) is 12.3.